The van der Waals surface area contributed by atoms with E-state index in [1.807, 2.05) is 45.3 Å². The van der Waals surface area contributed by atoms with Gasteiger partial charge in [0, 0.05) is 50.0 Å². The third kappa shape index (κ3) is 7.06. The summed E-state index contributed by atoms with van der Waals surface area (Å²) in [6, 6.07) is 13.2. The summed E-state index contributed by atoms with van der Waals surface area (Å²) in [5.41, 5.74) is 0. The molecule has 6 heterocycles. The molecular formula is C34H40O4S4. The smallest absolute Gasteiger partial charge is 0.144 e. The van der Waals surface area contributed by atoms with Gasteiger partial charge in [-0.3, -0.25) is 0 Å². The molecule has 42 heavy (non-hydrogen) atoms. The van der Waals surface area contributed by atoms with Crippen molar-refractivity contribution in [3.63, 3.8) is 0 Å². The highest BCUT2D eigenvalue weighted by Gasteiger charge is 2.20. The van der Waals surface area contributed by atoms with Crippen LogP contribution < -0.4 is 0 Å². The predicted octanol–water partition coefficient (Wildman–Crippen LogP) is 12.2. The van der Waals surface area contributed by atoms with Crippen LogP contribution in [0.5, 0.6) is 0 Å². The molecule has 6 aromatic rings. The summed E-state index contributed by atoms with van der Waals surface area (Å²) in [7, 11) is 0. The van der Waals surface area contributed by atoms with E-state index in [1.54, 1.807) is 0 Å². The third-order valence-corrected chi connectivity index (χ3v) is 12.6. The summed E-state index contributed by atoms with van der Waals surface area (Å²) in [4.78, 5) is 2.45. The first kappa shape index (κ1) is 30.1. The van der Waals surface area contributed by atoms with Crippen LogP contribution in [0.15, 0.2) is 45.2 Å². The van der Waals surface area contributed by atoms with E-state index in [4.69, 9.17) is 18.3 Å². The summed E-state index contributed by atoms with van der Waals surface area (Å²) in [5, 5.41) is 2.73. The first-order chi connectivity index (χ1) is 20.7. The van der Waals surface area contributed by atoms with Gasteiger partial charge in [-0.1, -0.05) is 26.7 Å². The highest BCUT2D eigenvalue weighted by Crippen LogP contribution is 2.52. The molecule has 0 aliphatic rings. The second-order valence-corrected chi connectivity index (χ2v) is 15.5. The molecule has 0 aliphatic carbocycles. The van der Waals surface area contributed by atoms with Crippen LogP contribution in [0.1, 0.15) is 76.7 Å². The largest absolute Gasteiger partial charge is 0.460 e. The lowest BCUT2D eigenvalue weighted by Crippen LogP contribution is -1.97. The number of ether oxygens (including phenoxy) is 2. The highest BCUT2D eigenvalue weighted by molar-refractivity contribution is 7.50. The average molecular weight is 641 g/mol. The third-order valence-electron chi connectivity index (χ3n) is 7.50. The normalized spacial score (nSPS) is 12.1. The first-order valence-corrected chi connectivity index (χ1v) is 18.7. The number of hydrogen-bond acceptors (Lipinski definition) is 8. The highest BCUT2D eigenvalue weighted by atomic mass is 32.2. The van der Waals surface area contributed by atoms with E-state index in [1.165, 1.54) is 50.8 Å². The van der Waals surface area contributed by atoms with E-state index >= 15 is 0 Å². The van der Waals surface area contributed by atoms with E-state index in [9.17, 15) is 0 Å². The Morgan fingerprint density at radius 3 is 1.45 bits per heavy atom. The zero-order chi connectivity index (χ0) is 28.7. The predicted molar refractivity (Wildman–Crippen MR) is 183 cm³/mol. The van der Waals surface area contributed by atoms with Gasteiger partial charge in [-0.25, -0.2) is 0 Å². The molecule has 6 rings (SSSR count). The maximum absolute atomic E-state index is 6.25. The molecule has 0 N–H and O–H groups in total. The molecule has 6 aromatic heterocycles. The molecule has 0 fully saturated rings. The number of aryl methyl sites for hydroxylation is 2. The minimum atomic E-state index is 0.850. The van der Waals surface area contributed by atoms with Gasteiger partial charge in [0.05, 0.1) is 27.2 Å². The van der Waals surface area contributed by atoms with Crippen LogP contribution in [-0.2, 0) is 22.3 Å². The quantitative estimate of drug-likeness (QED) is 0.0877. The molecule has 0 saturated heterocycles. The summed E-state index contributed by atoms with van der Waals surface area (Å²) in [5.74, 6) is 4.12. The van der Waals surface area contributed by atoms with Gasteiger partial charge in [0.1, 0.15) is 23.0 Å². The molecule has 0 radical (unpaired) electrons. The molecule has 0 spiro atoms. The second-order valence-electron chi connectivity index (χ2n) is 10.9. The van der Waals surface area contributed by atoms with Gasteiger partial charge in [0.2, 0.25) is 0 Å². The SMILES string of the molecule is CCCCOCCCCc1ccc(-c2cc3c(s2)sc2c4cc(-c5ccc(CCCCOCCCC)o5)sc4sc32)o1. The van der Waals surface area contributed by atoms with Crippen molar-refractivity contribution in [2.75, 3.05) is 26.4 Å². The van der Waals surface area contributed by atoms with Gasteiger partial charge < -0.3 is 18.3 Å². The van der Waals surface area contributed by atoms with Crippen molar-refractivity contribution >= 4 is 73.5 Å². The molecule has 8 heteroatoms. The van der Waals surface area contributed by atoms with Gasteiger partial charge in [-0.2, -0.15) is 0 Å². The van der Waals surface area contributed by atoms with Crippen molar-refractivity contribution in [1.29, 1.82) is 0 Å². The lowest BCUT2D eigenvalue weighted by Gasteiger charge is -2.02. The summed E-state index contributed by atoms with van der Waals surface area (Å²) < 4.78 is 29.4. The molecule has 0 atom stereocenters. The summed E-state index contributed by atoms with van der Waals surface area (Å²) in [6.45, 7) is 7.86. The number of thiophene rings is 4. The second kappa shape index (κ2) is 14.7. The first-order valence-electron chi connectivity index (χ1n) is 15.5. The van der Waals surface area contributed by atoms with E-state index in [2.05, 4.69) is 50.2 Å². The number of furan rings is 2. The van der Waals surface area contributed by atoms with E-state index < -0.39 is 0 Å². The maximum Gasteiger partial charge on any atom is 0.144 e. The number of fused-ring (bicyclic) bond motifs is 5. The van der Waals surface area contributed by atoms with Crippen LogP contribution in [0.2, 0.25) is 0 Å². The Balaban J connectivity index is 1.07. The number of rotatable bonds is 18. The van der Waals surface area contributed by atoms with E-state index in [0.29, 0.717) is 0 Å². The molecule has 224 valence electrons. The monoisotopic (exact) mass is 640 g/mol. The Labute approximate surface area is 264 Å². The van der Waals surface area contributed by atoms with Crippen LogP contribution in [-0.4, -0.2) is 26.4 Å². The van der Waals surface area contributed by atoms with Crippen molar-refractivity contribution in [2.24, 2.45) is 0 Å². The van der Waals surface area contributed by atoms with E-state index in [0.717, 1.165) is 101 Å². The van der Waals surface area contributed by atoms with Crippen LogP contribution in [0.4, 0.5) is 0 Å². The molecule has 4 nitrogen and oxygen atoms in total. The van der Waals surface area contributed by atoms with Crippen LogP contribution in [0.3, 0.4) is 0 Å². The Kier molecular flexibility index (Phi) is 10.5. The van der Waals surface area contributed by atoms with Gasteiger partial charge in [0.25, 0.3) is 0 Å². The van der Waals surface area contributed by atoms with Crippen molar-refractivity contribution in [3.05, 3.63) is 47.9 Å². The molecular weight excluding hydrogens is 601 g/mol. The van der Waals surface area contributed by atoms with Crippen LogP contribution in [0, 0.1) is 0 Å². The van der Waals surface area contributed by atoms with Gasteiger partial charge in [0.15, 0.2) is 0 Å². The van der Waals surface area contributed by atoms with Crippen LogP contribution >= 0.6 is 45.3 Å². The fourth-order valence-electron chi connectivity index (χ4n) is 5.09. The minimum absolute atomic E-state index is 0.850. The fourth-order valence-corrected chi connectivity index (χ4v) is 10.5. The molecule has 0 aromatic carbocycles. The molecule has 0 bridgehead atoms. The van der Waals surface area contributed by atoms with Crippen LogP contribution in [0.25, 0.3) is 49.5 Å². The van der Waals surface area contributed by atoms with Gasteiger partial charge >= 0.3 is 0 Å². The Bertz CT molecular complexity index is 1570. The van der Waals surface area contributed by atoms with Crippen molar-refractivity contribution < 1.29 is 18.3 Å². The summed E-state index contributed by atoms with van der Waals surface area (Å²) >= 11 is 7.53. The Hall–Kier alpha value is -1.94. The Morgan fingerprint density at radius 1 is 0.548 bits per heavy atom. The zero-order valence-electron chi connectivity index (χ0n) is 24.6. The van der Waals surface area contributed by atoms with Crippen molar-refractivity contribution in [3.8, 4) is 21.3 Å². The Morgan fingerprint density at radius 2 is 1.00 bits per heavy atom. The van der Waals surface area contributed by atoms with E-state index in [-0.39, 0.29) is 0 Å². The average Bonchev–Trinajstić information content (AvgIpc) is 3.82. The fraction of sp³-hybridized carbons (Fsp3) is 0.471. The van der Waals surface area contributed by atoms with Crippen molar-refractivity contribution in [2.45, 2.75) is 78.1 Å². The standard InChI is InChI=1S/C34H40O4S4/c1-3-5-17-35-19-9-7-11-23-13-15-27(37-23)29-21-25-31-32(41-33(25)39-29)26-22-30(40-34(26)42-31)28-16-14-24(38-28)12-8-10-20-36-18-6-4-2/h13-16,21-22H,3-12,17-20H2,1-2H3. The number of unbranched alkanes of at least 4 members (excludes halogenated alkanes) is 4. The minimum Gasteiger partial charge on any atom is -0.460 e. The van der Waals surface area contributed by atoms with Crippen molar-refractivity contribution in [1.82, 2.24) is 0 Å². The lowest BCUT2D eigenvalue weighted by molar-refractivity contribution is 0.127. The molecule has 0 saturated carbocycles. The zero-order valence-corrected chi connectivity index (χ0v) is 27.9. The molecule has 0 amide bonds. The summed E-state index contributed by atoms with van der Waals surface area (Å²) in [6.07, 6.45) is 11.0. The number of hydrogen-bond donors (Lipinski definition) is 0. The van der Waals surface area contributed by atoms with Gasteiger partial charge in [-0.05, 0) is 74.9 Å². The molecule has 0 unspecified atom stereocenters. The van der Waals surface area contributed by atoms with Gasteiger partial charge in [-0.15, -0.1) is 45.3 Å². The maximum atomic E-state index is 6.25. The molecule has 0 aliphatic heterocycles. The lowest BCUT2D eigenvalue weighted by atomic mass is 10.2. The topological polar surface area (TPSA) is 44.7 Å².